The normalized spacial score (nSPS) is 24.9. The van der Waals surface area contributed by atoms with Gasteiger partial charge >= 0.3 is 0 Å². The Kier molecular flexibility index (Phi) is 3.51. The number of hydrogen-bond donors (Lipinski definition) is 0. The van der Waals surface area contributed by atoms with Gasteiger partial charge in [0.15, 0.2) is 0 Å². The van der Waals surface area contributed by atoms with Crippen molar-refractivity contribution in [3.05, 3.63) is 42.1 Å². The molecule has 3 rings (SSSR count). The maximum absolute atomic E-state index is 6.55. The minimum atomic E-state index is 0.274. The van der Waals surface area contributed by atoms with Gasteiger partial charge in [0.1, 0.15) is 0 Å². The van der Waals surface area contributed by atoms with Crippen molar-refractivity contribution in [1.29, 1.82) is 0 Å². The molecule has 18 heavy (non-hydrogen) atoms. The lowest BCUT2D eigenvalue weighted by molar-refractivity contribution is 0.599. The molecule has 1 aromatic heterocycles. The van der Waals surface area contributed by atoms with Gasteiger partial charge in [0.25, 0.3) is 0 Å². The van der Waals surface area contributed by atoms with Crippen LogP contribution in [-0.4, -0.2) is 10.4 Å². The molecule has 1 aliphatic rings. The Labute approximate surface area is 113 Å². The van der Waals surface area contributed by atoms with Crippen molar-refractivity contribution in [2.24, 2.45) is 0 Å². The fraction of sp³-hybridized carbons (Fsp3) is 0.438. The molecule has 2 aromatic rings. The molecule has 0 bridgehead atoms. The van der Waals surface area contributed by atoms with Gasteiger partial charge in [-0.3, -0.25) is 4.98 Å². The highest BCUT2D eigenvalue weighted by atomic mass is 35.5. The Morgan fingerprint density at radius 2 is 1.89 bits per heavy atom. The predicted molar refractivity (Wildman–Crippen MR) is 77.2 cm³/mol. The molecular weight excluding hydrogens is 242 g/mol. The van der Waals surface area contributed by atoms with E-state index in [1.165, 1.54) is 36.6 Å². The van der Waals surface area contributed by atoms with Crippen LogP contribution in [0.4, 0.5) is 0 Å². The molecule has 0 saturated heterocycles. The lowest BCUT2D eigenvalue weighted by Gasteiger charge is -2.20. The fourth-order valence-electron chi connectivity index (χ4n) is 2.93. The quantitative estimate of drug-likeness (QED) is 0.525. The van der Waals surface area contributed by atoms with Crippen LogP contribution in [0.5, 0.6) is 0 Å². The van der Waals surface area contributed by atoms with Crippen LogP contribution in [0.2, 0.25) is 0 Å². The number of para-hydroxylation sites is 1. The van der Waals surface area contributed by atoms with E-state index in [9.17, 15) is 0 Å². The first kappa shape index (κ1) is 12.0. The topological polar surface area (TPSA) is 12.9 Å². The SMILES string of the molecule is ClC1CCCCCC1c1cnc2ccccc2c1. The third-order valence-corrected chi connectivity index (χ3v) is 4.49. The largest absolute Gasteiger partial charge is 0.256 e. The summed E-state index contributed by atoms with van der Waals surface area (Å²) >= 11 is 6.55. The van der Waals surface area contributed by atoms with Gasteiger partial charge in [0, 0.05) is 22.9 Å². The molecule has 0 aliphatic heterocycles. The maximum Gasteiger partial charge on any atom is 0.0702 e. The Bertz CT molecular complexity index is 537. The molecule has 1 heterocycles. The van der Waals surface area contributed by atoms with E-state index in [0.29, 0.717) is 5.92 Å². The number of halogens is 1. The van der Waals surface area contributed by atoms with Crippen LogP contribution >= 0.6 is 11.6 Å². The van der Waals surface area contributed by atoms with Gasteiger partial charge in [-0.05, 0) is 30.5 Å². The van der Waals surface area contributed by atoms with E-state index >= 15 is 0 Å². The number of nitrogens with zero attached hydrogens (tertiary/aromatic N) is 1. The fourth-order valence-corrected chi connectivity index (χ4v) is 3.35. The van der Waals surface area contributed by atoms with Crippen LogP contribution in [0.3, 0.4) is 0 Å². The van der Waals surface area contributed by atoms with Crippen LogP contribution < -0.4 is 0 Å². The van der Waals surface area contributed by atoms with Crippen molar-refractivity contribution in [3.8, 4) is 0 Å². The second kappa shape index (κ2) is 5.27. The van der Waals surface area contributed by atoms with Gasteiger partial charge in [-0.2, -0.15) is 0 Å². The minimum Gasteiger partial charge on any atom is -0.256 e. The van der Waals surface area contributed by atoms with E-state index in [1.807, 2.05) is 12.3 Å². The molecule has 0 spiro atoms. The molecule has 1 fully saturated rings. The maximum atomic E-state index is 6.55. The zero-order chi connectivity index (χ0) is 12.4. The number of alkyl halides is 1. The molecule has 94 valence electrons. The van der Waals surface area contributed by atoms with E-state index in [2.05, 4.69) is 29.2 Å². The zero-order valence-corrected chi connectivity index (χ0v) is 11.2. The Morgan fingerprint density at radius 1 is 1.06 bits per heavy atom. The van der Waals surface area contributed by atoms with Gasteiger partial charge in [0.05, 0.1) is 5.52 Å². The summed E-state index contributed by atoms with van der Waals surface area (Å²) in [5.74, 6) is 0.478. The lowest BCUT2D eigenvalue weighted by Crippen LogP contribution is -2.11. The second-order valence-electron chi connectivity index (χ2n) is 5.22. The average molecular weight is 260 g/mol. The molecule has 1 saturated carbocycles. The third-order valence-electron chi connectivity index (χ3n) is 3.97. The highest BCUT2D eigenvalue weighted by Crippen LogP contribution is 2.35. The summed E-state index contributed by atoms with van der Waals surface area (Å²) in [6.45, 7) is 0. The summed E-state index contributed by atoms with van der Waals surface area (Å²) in [7, 11) is 0. The van der Waals surface area contributed by atoms with Crippen LogP contribution in [-0.2, 0) is 0 Å². The van der Waals surface area contributed by atoms with E-state index < -0.39 is 0 Å². The van der Waals surface area contributed by atoms with Crippen molar-refractivity contribution in [2.45, 2.75) is 43.4 Å². The van der Waals surface area contributed by atoms with Gasteiger partial charge in [0.2, 0.25) is 0 Å². The Hall–Kier alpha value is -1.08. The van der Waals surface area contributed by atoms with Gasteiger partial charge < -0.3 is 0 Å². The molecular formula is C16H18ClN. The van der Waals surface area contributed by atoms with Crippen molar-refractivity contribution in [2.75, 3.05) is 0 Å². The standard InChI is InChI=1S/C16H18ClN/c17-15-8-3-1-2-7-14(15)13-10-12-6-4-5-9-16(12)18-11-13/h4-6,9-11,14-15H,1-3,7-8H2. The monoisotopic (exact) mass is 259 g/mol. The molecule has 0 amide bonds. The summed E-state index contributed by atoms with van der Waals surface area (Å²) in [5.41, 5.74) is 2.39. The summed E-state index contributed by atoms with van der Waals surface area (Å²) in [5, 5.41) is 1.50. The Morgan fingerprint density at radius 3 is 2.83 bits per heavy atom. The highest BCUT2D eigenvalue weighted by molar-refractivity contribution is 6.21. The molecule has 0 radical (unpaired) electrons. The number of aromatic nitrogens is 1. The van der Waals surface area contributed by atoms with E-state index in [4.69, 9.17) is 11.6 Å². The molecule has 2 heteroatoms. The number of rotatable bonds is 1. The van der Waals surface area contributed by atoms with E-state index in [0.717, 1.165) is 11.9 Å². The minimum absolute atomic E-state index is 0.274. The molecule has 2 atom stereocenters. The molecule has 1 aliphatic carbocycles. The van der Waals surface area contributed by atoms with Crippen LogP contribution in [0, 0.1) is 0 Å². The van der Waals surface area contributed by atoms with Crippen molar-refractivity contribution < 1.29 is 0 Å². The van der Waals surface area contributed by atoms with Gasteiger partial charge in [-0.15, -0.1) is 11.6 Å². The molecule has 0 N–H and O–H groups in total. The highest BCUT2D eigenvalue weighted by Gasteiger charge is 2.23. The average Bonchev–Trinajstić information content (AvgIpc) is 2.63. The van der Waals surface area contributed by atoms with Crippen molar-refractivity contribution in [1.82, 2.24) is 4.98 Å². The van der Waals surface area contributed by atoms with Crippen LogP contribution in [0.15, 0.2) is 36.5 Å². The van der Waals surface area contributed by atoms with Crippen molar-refractivity contribution in [3.63, 3.8) is 0 Å². The van der Waals surface area contributed by atoms with E-state index in [-0.39, 0.29) is 5.38 Å². The number of benzene rings is 1. The lowest BCUT2D eigenvalue weighted by atomic mass is 9.92. The van der Waals surface area contributed by atoms with E-state index in [1.54, 1.807) is 0 Å². The predicted octanol–water partition coefficient (Wildman–Crippen LogP) is 4.89. The zero-order valence-electron chi connectivity index (χ0n) is 10.5. The molecule has 2 unspecified atom stereocenters. The summed E-state index contributed by atoms with van der Waals surface area (Å²) in [4.78, 5) is 4.56. The second-order valence-corrected chi connectivity index (χ2v) is 5.78. The summed E-state index contributed by atoms with van der Waals surface area (Å²) in [6, 6.07) is 10.6. The van der Waals surface area contributed by atoms with Crippen LogP contribution in [0.1, 0.15) is 43.6 Å². The Balaban J connectivity index is 1.97. The summed E-state index contributed by atoms with van der Waals surface area (Å²) < 4.78 is 0. The first-order valence-electron chi connectivity index (χ1n) is 6.83. The van der Waals surface area contributed by atoms with Gasteiger partial charge in [-0.1, -0.05) is 37.5 Å². The molecule has 1 nitrogen and oxygen atoms in total. The number of pyridine rings is 1. The van der Waals surface area contributed by atoms with Crippen molar-refractivity contribution >= 4 is 22.5 Å². The molecule has 1 aromatic carbocycles. The first-order valence-corrected chi connectivity index (χ1v) is 7.27. The van der Waals surface area contributed by atoms with Crippen LogP contribution in [0.25, 0.3) is 10.9 Å². The third kappa shape index (κ3) is 2.37. The first-order chi connectivity index (χ1) is 8.84. The van der Waals surface area contributed by atoms with Gasteiger partial charge in [-0.25, -0.2) is 0 Å². The summed E-state index contributed by atoms with van der Waals surface area (Å²) in [6.07, 6.45) is 8.24. The number of fused-ring (bicyclic) bond motifs is 1. The smallest absolute Gasteiger partial charge is 0.0702 e. The number of hydrogen-bond acceptors (Lipinski definition) is 1.